The van der Waals surface area contributed by atoms with E-state index in [0.717, 1.165) is 29.9 Å². The van der Waals surface area contributed by atoms with Crippen molar-refractivity contribution in [2.45, 2.75) is 32.1 Å². The van der Waals surface area contributed by atoms with Crippen LogP contribution >= 0.6 is 11.6 Å². The van der Waals surface area contributed by atoms with Crippen molar-refractivity contribution >= 4 is 11.6 Å². The summed E-state index contributed by atoms with van der Waals surface area (Å²) in [6, 6.07) is 6.02. The van der Waals surface area contributed by atoms with Gasteiger partial charge in [-0.25, -0.2) is 0 Å². The zero-order valence-corrected chi connectivity index (χ0v) is 11.2. The first-order chi connectivity index (χ1) is 8.26. The molecule has 0 saturated carbocycles. The fraction of sp³-hybridized carbons (Fsp3) is 0.571. The number of halogens is 1. The van der Waals surface area contributed by atoms with E-state index in [9.17, 15) is 0 Å². The predicted octanol–water partition coefficient (Wildman–Crippen LogP) is 4.17. The van der Waals surface area contributed by atoms with Crippen molar-refractivity contribution < 1.29 is 9.47 Å². The van der Waals surface area contributed by atoms with Crippen molar-refractivity contribution in [3.8, 4) is 11.5 Å². The van der Waals surface area contributed by atoms with E-state index in [4.69, 9.17) is 21.1 Å². The Bertz CT molecular complexity index is 374. The van der Waals surface area contributed by atoms with E-state index in [2.05, 4.69) is 13.8 Å². The molecule has 1 heterocycles. The van der Waals surface area contributed by atoms with Gasteiger partial charge in [-0.3, -0.25) is 0 Å². The van der Waals surface area contributed by atoms with Crippen molar-refractivity contribution in [2.24, 2.45) is 5.92 Å². The van der Waals surface area contributed by atoms with Crippen molar-refractivity contribution in [1.29, 1.82) is 0 Å². The van der Waals surface area contributed by atoms with Crippen LogP contribution in [-0.2, 0) is 0 Å². The highest BCUT2D eigenvalue weighted by atomic mass is 35.5. The first-order valence-corrected chi connectivity index (χ1v) is 6.73. The largest absolute Gasteiger partial charge is 0.486 e. The number of hydrogen-bond donors (Lipinski definition) is 0. The second kappa shape index (κ2) is 5.63. The fourth-order valence-corrected chi connectivity index (χ4v) is 2.70. The Morgan fingerprint density at radius 3 is 2.41 bits per heavy atom. The topological polar surface area (TPSA) is 18.5 Å². The summed E-state index contributed by atoms with van der Waals surface area (Å²) in [7, 11) is 0. The summed E-state index contributed by atoms with van der Waals surface area (Å²) in [5, 5.41) is 0.0563. The Morgan fingerprint density at radius 2 is 1.76 bits per heavy atom. The molecule has 0 amide bonds. The second-order valence-corrected chi connectivity index (χ2v) is 4.85. The molecule has 17 heavy (non-hydrogen) atoms. The number of rotatable bonds is 4. The molecule has 1 aliphatic rings. The molecule has 0 radical (unpaired) electrons. The van der Waals surface area contributed by atoms with Crippen LogP contribution in [0, 0.1) is 5.92 Å². The Hall–Kier alpha value is -0.890. The summed E-state index contributed by atoms with van der Waals surface area (Å²) in [5.74, 6) is 2.16. The van der Waals surface area contributed by atoms with E-state index < -0.39 is 0 Å². The second-order valence-electron chi connectivity index (χ2n) is 4.38. The van der Waals surface area contributed by atoms with E-state index >= 15 is 0 Å². The van der Waals surface area contributed by atoms with Gasteiger partial charge in [-0.05, 0) is 23.6 Å². The maximum Gasteiger partial charge on any atom is 0.161 e. The minimum atomic E-state index is 0.0563. The lowest BCUT2D eigenvalue weighted by Gasteiger charge is -2.23. The Labute approximate surface area is 108 Å². The molecule has 0 fully saturated rings. The highest BCUT2D eigenvalue weighted by Gasteiger charge is 2.20. The molecule has 0 aromatic heterocycles. The highest BCUT2D eigenvalue weighted by molar-refractivity contribution is 6.21. The van der Waals surface area contributed by atoms with Crippen LogP contribution < -0.4 is 9.47 Å². The van der Waals surface area contributed by atoms with Gasteiger partial charge >= 0.3 is 0 Å². The molecular formula is C14H19ClO2. The van der Waals surface area contributed by atoms with Crippen molar-refractivity contribution in [2.75, 3.05) is 13.2 Å². The lowest BCUT2D eigenvalue weighted by molar-refractivity contribution is 0.171. The molecule has 0 spiro atoms. The van der Waals surface area contributed by atoms with Crippen LogP contribution in [-0.4, -0.2) is 13.2 Å². The molecule has 2 nitrogen and oxygen atoms in total. The fourth-order valence-electron chi connectivity index (χ4n) is 2.21. The van der Waals surface area contributed by atoms with Gasteiger partial charge in [-0.15, -0.1) is 11.6 Å². The quantitative estimate of drug-likeness (QED) is 0.751. The van der Waals surface area contributed by atoms with Crippen LogP contribution in [0.1, 0.15) is 37.6 Å². The molecule has 1 aromatic rings. The summed E-state index contributed by atoms with van der Waals surface area (Å²) < 4.78 is 11.1. The van der Waals surface area contributed by atoms with Crippen molar-refractivity contribution in [1.82, 2.24) is 0 Å². The van der Waals surface area contributed by atoms with Crippen LogP contribution in [0.15, 0.2) is 18.2 Å². The Kier molecular flexibility index (Phi) is 4.16. The van der Waals surface area contributed by atoms with Crippen molar-refractivity contribution in [3.63, 3.8) is 0 Å². The van der Waals surface area contributed by atoms with Gasteiger partial charge in [0.15, 0.2) is 11.5 Å². The third kappa shape index (κ3) is 2.68. The lowest BCUT2D eigenvalue weighted by atomic mass is 9.94. The molecule has 0 bridgehead atoms. The van der Waals surface area contributed by atoms with Gasteiger partial charge in [-0.1, -0.05) is 32.8 Å². The number of benzene rings is 1. The molecule has 94 valence electrons. The molecule has 1 unspecified atom stereocenters. The van der Waals surface area contributed by atoms with Crippen LogP contribution in [0.3, 0.4) is 0 Å². The maximum absolute atomic E-state index is 6.52. The molecule has 1 aliphatic heterocycles. The maximum atomic E-state index is 6.52. The molecule has 3 heteroatoms. The summed E-state index contributed by atoms with van der Waals surface area (Å²) >= 11 is 6.52. The van der Waals surface area contributed by atoms with E-state index in [1.54, 1.807) is 0 Å². The van der Waals surface area contributed by atoms with Crippen LogP contribution in [0.4, 0.5) is 0 Å². The van der Waals surface area contributed by atoms with E-state index in [1.807, 2.05) is 18.2 Å². The van der Waals surface area contributed by atoms with Gasteiger partial charge in [0, 0.05) is 0 Å². The number of fused-ring (bicyclic) bond motifs is 1. The average Bonchev–Trinajstić information content (AvgIpc) is 2.39. The van der Waals surface area contributed by atoms with Gasteiger partial charge in [0.1, 0.15) is 13.2 Å². The van der Waals surface area contributed by atoms with E-state index in [-0.39, 0.29) is 5.38 Å². The monoisotopic (exact) mass is 254 g/mol. The summed E-state index contributed by atoms with van der Waals surface area (Å²) in [4.78, 5) is 0. The first-order valence-electron chi connectivity index (χ1n) is 6.29. The summed E-state index contributed by atoms with van der Waals surface area (Å²) in [5.41, 5.74) is 1.13. The third-order valence-corrected chi connectivity index (χ3v) is 3.96. The zero-order chi connectivity index (χ0) is 12.3. The number of hydrogen-bond acceptors (Lipinski definition) is 2. The smallest absolute Gasteiger partial charge is 0.161 e. The first kappa shape index (κ1) is 12.6. The van der Waals surface area contributed by atoms with Crippen LogP contribution in [0.2, 0.25) is 0 Å². The minimum absolute atomic E-state index is 0.0563. The van der Waals surface area contributed by atoms with Gasteiger partial charge in [0.2, 0.25) is 0 Å². The van der Waals surface area contributed by atoms with Gasteiger partial charge in [-0.2, -0.15) is 0 Å². The van der Waals surface area contributed by atoms with Crippen LogP contribution in [0.5, 0.6) is 11.5 Å². The zero-order valence-electron chi connectivity index (χ0n) is 10.4. The standard InChI is InChI=1S/C14H19ClO2/c1-3-10(4-2)14(15)11-5-6-12-13(9-11)17-8-7-16-12/h5-6,9-10,14H,3-4,7-8H2,1-2H3. The number of alkyl halides is 1. The summed E-state index contributed by atoms with van der Waals surface area (Å²) in [6.45, 7) is 5.61. The Morgan fingerprint density at radius 1 is 1.12 bits per heavy atom. The number of ether oxygens (including phenoxy) is 2. The predicted molar refractivity (Wildman–Crippen MR) is 70.1 cm³/mol. The highest BCUT2D eigenvalue weighted by Crippen LogP contribution is 2.38. The molecule has 0 N–H and O–H groups in total. The van der Waals surface area contributed by atoms with Gasteiger partial charge < -0.3 is 9.47 Å². The molecule has 0 aliphatic carbocycles. The van der Waals surface area contributed by atoms with Gasteiger partial charge in [0.05, 0.1) is 5.38 Å². The molecule has 0 saturated heterocycles. The van der Waals surface area contributed by atoms with E-state index in [0.29, 0.717) is 19.1 Å². The average molecular weight is 255 g/mol. The Balaban J connectivity index is 2.21. The normalized spacial score (nSPS) is 16.0. The lowest BCUT2D eigenvalue weighted by Crippen LogP contribution is -2.16. The van der Waals surface area contributed by atoms with Gasteiger partial charge in [0.25, 0.3) is 0 Å². The molecular weight excluding hydrogens is 236 g/mol. The summed E-state index contributed by atoms with van der Waals surface area (Å²) in [6.07, 6.45) is 2.19. The van der Waals surface area contributed by atoms with E-state index in [1.165, 1.54) is 0 Å². The van der Waals surface area contributed by atoms with Crippen LogP contribution in [0.25, 0.3) is 0 Å². The molecule has 2 rings (SSSR count). The van der Waals surface area contributed by atoms with Crippen molar-refractivity contribution in [3.05, 3.63) is 23.8 Å². The minimum Gasteiger partial charge on any atom is -0.486 e. The molecule has 1 aromatic carbocycles. The molecule has 1 atom stereocenters. The third-order valence-electron chi connectivity index (χ3n) is 3.35. The SMILES string of the molecule is CCC(CC)C(Cl)c1ccc2c(c1)OCCO2.